The zero-order valence-electron chi connectivity index (χ0n) is 18.2. The van der Waals surface area contributed by atoms with E-state index in [0.717, 1.165) is 31.4 Å². The van der Waals surface area contributed by atoms with Crippen molar-refractivity contribution in [3.8, 4) is 5.75 Å². The Morgan fingerprint density at radius 2 is 1.93 bits per heavy atom. The lowest BCUT2D eigenvalue weighted by Gasteiger charge is -2.31. The summed E-state index contributed by atoms with van der Waals surface area (Å²) >= 11 is 0. The molecular weight excluding hydrogens is 362 g/mol. The predicted molar refractivity (Wildman–Crippen MR) is 121 cm³/mol. The number of anilines is 1. The number of hydrazone groups is 1. The molecule has 0 heterocycles. The van der Waals surface area contributed by atoms with Crippen LogP contribution in [0.25, 0.3) is 0 Å². The second-order valence-electron chi connectivity index (χ2n) is 8.00. The number of amides is 1. The van der Waals surface area contributed by atoms with Crippen molar-refractivity contribution < 1.29 is 9.90 Å². The standard InChI is InChI=1S/C24H33N3O2/c1-6-8-15-27(5)21-14-13-18(16-20(21)24(3,4)7-2)23(29)26-25-17-19-11-9-10-12-22(19)28/h9-14,16-17,28H,6-8,15H2,1-5H3,(H,26,29)/b25-17+. The van der Waals surface area contributed by atoms with Gasteiger partial charge in [-0.15, -0.1) is 0 Å². The van der Waals surface area contributed by atoms with Gasteiger partial charge in [0.25, 0.3) is 5.91 Å². The summed E-state index contributed by atoms with van der Waals surface area (Å²) in [5.74, 6) is -0.149. The number of benzene rings is 2. The van der Waals surface area contributed by atoms with E-state index < -0.39 is 0 Å². The third-order valence-corrected chi connectivity index (χ3v) is 5.44. The highest BCUT2D eigenvalue weighted by Gasteiger charge is 2.24. The summed E-state index contributed by atoms with van der Waals surface area (Å²) in [5, 5.41) is 13.8. The summed E-state index contributed by atoms with van der Waals surface area (Å²) in [6.07, 6.45) is 4.69. The first-order valence-corrected chi connectivity index (χ1v) is 10.3. The second-order valence-corrected chi connectivity index (χ2v) is 8.00. The van der Waals surface area contributed by atoms with Crippen molar-refractivity contribution in [3.05, 3.63) is 59.2 Å². The molecule has 0 saturated carbocycles. The molecule has 0 aliphatic heterocycles. The Morgan fingerprint density at radius 1 is 1.21 bits per heavy atom. The molecule has 0 aromatic heterocycles. The number of carbonyl (C=O) groups is 1. The zero-order valence-corrected chi connectivity index (χ0v) is 18.2. The van der Waals surface area contributed by atoms with Gasteiger partial charge in [-0.25, -0.2) is 5.43 Å². The molecular formula is C24H33N3O2. The fourth-order valence-corrected chi connectivity index (χ4v) is 3.08. The molecule has 2 N–H and O–H groups in total. The van der Waals surface area contributed by atoms with Gasteiger partial charge in [-0.1, -0.05) is 46.2 Å². The van der Waals surface area contributed by atoms with Gasteiger partial charge in [0, 0.05) is 30.4 Å². The Kier molecular flexibility index (Phi) is 7.82. The summed E-state index contributed by atoms with van der Waals surface area (Å²) < 4.78 is 0. The molecule has 0 atom stereocenters. The SMILES string of the molecule is CCCCN(C)c1ccc(C(=O)N/N=C/c2ccccc2O)cc1C(C)(C)CC. The van der Waals surface area contributed by atoms with Gasteiger partial charge in [0.1, 0.15) is 5.75 Å². The van der Waals surface area contributed by atoms with Crippen LogP contribution in [0.5, 0.6) is 5.75 Å². The van der Waals surface area contributed by atoms with Gasteiger partial charge in [0.15, 0.2) is 0 Å². The molecule has 0 spiro atoms. The lowest BCUT2D eigenvalue weighted by molar-refractivity contribution is 0.0955. The highest BCUT2D eigenvalue weighted by molar-refractivity contribution is 5.96. The van der Waals surface area contributed by atoms with Crippen LogP contribution >= 0.6 is 0 Å². The predicted octanol–water partition coefficient (Wildman–Crippen LogP) is 5.08. The normalized spacial score (nSPS) is 11.6. The van der Waals surface area contributed by atoms with E-state index in [0.29, 0.717) is 11.1 Å². The minimum Gasteiger partial charge on any atom is -0.507 e. The molecule has 0 bridgehead atoms. The van der Waals surface area contributed by atoms with Crippen LogP contribution in [0.15, 0.2) is 47.6 Å². The third-order valence-electron chi connectivity index (χ3n) is 5.44. The van der Waals surface area contributed by atoms with E-state index in [1.165, 1.54) is 11.9 Å². The van der Waals surface area contributed by atoms with Gasteiger partial charge in [-0.2, -0.15) is 5.10 Å². The molecule has 0 radical (unpaired) electrons. The van der Waals surface area contributed by atoms with Crippen LogP contribution in [0.2, 0.25) is 0 Å². The number of unbranched alkanes of at least 4 members (excludes halogenated alkanes) is 1. The first kappa shape index (κ1) is 22.5. The first-order chi connectivity index (χ1) is 13.8. The van der Waals surface area contributed by atoms with E-state index in [1.54, 1.807) is 24.3 Å². The molecule has 0 unspecified atom stereocenters. The zero-order chi connectivity index (χ0) is 21.4. The van der Waals surface area contributed by atoms with Crippen molar-refractivity contribution in [2.45, 2.75) is 52.4 Å². The van der Waals surface area contributed by atoms with E-state index in [4.69, 9.17) is 0 Å². The van der Waals surface area contributed by atoms with Crippen molar-refractivity contribution in [2.24, 2.45) is 5.10 Å². The van der Waals surface area contributed by atoms with E-state index in [1.807, 2.05) is 18.2 Å². The van der Waals surface area contributed by atoms with Crippen molar-refractivity contribution in [1.82, 2.24) is 5.43 Å². The van der Waals surface area contributed by atoms with Gasteiger partial charge < -0.3 is 10.0 Å². The molecule has 0 aliphatic rings. The molecule has 2 aromatic rings. The minimum atomic E-state index is -0.271. The minimum absolute atomic E-state index is 0.0504. The highest BCUT2D eigenvalue weighted by Crippen LogP contribution is 2.35. The summed E-state index contributed by atoms with van der Waals surface area (Å²) in [6.45, 7) is 9.75. The molecule has 0 saturated heterocycles. The number of phenolic OH excluding ortho intramolecular Hbond substituents is 1. The molecule has 5 nitrogen and oxygen atoms in total. The summed E-state index contributed by atoms with van der Waals surface area (Å²) in [7, 11) is 2.11. The highest BCUT2D eigenvalue weighted by atomic mass is 16.3. The maximum Gasteiger partial charge on any atom is 0.271 e. The Morgan fingerprint density at radius 3 is 2.59 bits per heavy atom. The molecule has 2 aromatic carbocycles. The topological polar surface area (TPSA) is 64.9 Å². The number of rotatable bonds is 9. The van der Waals surface area contributed by atoms with E-state index in [2.05, 4.69) is 50.2 Å². The van der Waals surface area contributed by atoms with Crippen LogP contribution in [-0.2, 0) is 5.41 Å². The van der Waals surface area contributed by atoms with Gasteiger partial charge in [-0.05, 0) is 54.2 Å². The Balaban J connectivity index is 2.25. The van der Waals surface area contributed by atoms with Crippen LogP contribution in [0.1, 0.15) is 68.4 Å². The largest absolute Gasteiger partial charge is 0.507 e. The maximum absolute atomic E-state index is 12.6. The lowest BCUT2D eigenvalue weighted by Crippen LogP contribution is -2.26. The average Bonchev–Trinajstić information content (AvgIpc) is 2.72. The first-order valence-electron chi connectivity index (χ1n) is 10.3. The van der Waals surface area contributed by atoms with Crippen LogP contribution in [0.4, 0.5) is 5.69 Å². The van der Waals surface area contributed by atoms with Crippen LogP contribution in [0, 0.1) is 0 Å². The number of aromatic hydroxyl groups is 1. The Labute approximate surface area is 174 Å². The third kappa shape index (κ3) is 5.83. The number of carbonyl (C=O) groups excluding carboxylic acids is 1. The van der Waals surface area contributed by atoms with Crippen LogP contribution < -0.4 is 10.3 Å². The second kappa shape index (κ2) is 10.1. The van der Waals surface area contributed by atoms with Gasteiger partial charge in [0.2, 0.25) is 0 Å². The molecule has 0 fully saturated rings. The molecule has 156 valence electrons. The fraction of sp³-hybridized carbons (Fsp3) is 0.417. The molecule has 2 rings (SSSR count). The number of hydrogen-bond acceptors (Lipinski definition) is 4. The molecule has 1 amide bonds. The van der Waals surface area contributed by atoms with E-state index >= 15 is 0 Å². The number of phenols is 1. The van der Waals surface area contributed by atoms with Crippen molar-refractivity contribution in [2.75, 3.05) is 18.5 Å². The van der Waals surface area contributed by atoms with Crippen molar-refractivity contribution in [3.63, 3.8) is 0 Å². The Hall–Kier alpha value is -2.82. The van der Waals surface area contributed by atoms with Gasteiger partial charge in [-0.3, -0.25) is 4.79 Å². The number of nitrogens with zero attached hydrogens (tertiary/aromatic N) is 2. The van der Waals surface area contributed by atoms with Gasteiger partial charge in [0.05, 0.1) is 6.21 Å². The fourth-order valence-electron chi connectivity index (χ4n) is 3.08. The molecule has 0 aliphatic carbocycles. The van der Waals surface area contributed by atoms with Crippen LogP contribution in [-0.4, -0.2) is 30.8 Å². The smallest absolute Gasteiger partial charge is 0.271 e. The van der Waals surface area contributed by atoms with E-state index in [9.17, 15) is 9.90 Å². The van der Waals surface area contributed by atoms with E-state index in [-0.39, 0.29) is 17.1 Å². The van der Waals surface area contributed by atoms with Crippen molar-refractivity contribution in [1.29, 1.82) is 0 Å². The molecule has 5 heteroatoms. The number of nitrogens with one attached hydrogen (secondary N) is 1. The number of para-hydroxylation sites is 1. The summed E-state index contributed by atoms with van der Waals surface area (Å²) in [6, 6.07) is 12.7. The summed E-state index contributed by atoms with van der Waals surface area (Å²) in [5.41, 5.74) is 5.96. The monoisotopic (exact) mass is 395 g/mol. The van der Waals surface area contributed by atoms with Crippen LogP contribution in [0.3, 0.4) is 0 Å². The van der Waals surface area contributed by atoms with Gasteiger partial charge >= 0.3 is 0 Å². The summed E-state index contributed by atoms with van der Waals surface area (Å²) in [4.78, 5) is 14.9. The number of hydrogen-bond donors (Lipinski definition) is 2. The molecule has 29 heavy (non-hydrogen) atoms. The lowest BCUT2D eigenvalue weighted by atomic mass is 9.80. The Bertz CT molecular complexity index is 859. The average molecular weight is 396 g/mol. The van der Waals surface area contributed by atoms with Crippen molar-refractivity contribution >= 4 is 17.8 Å². The maximum atomic E-state index is 12.6. The quantitative estimate of drug-likeness (QED) is 0.460.